The number of benzene rings is 1. The van der Waals surface area contributed by atoms with Crippen molar-refractivity contribution in [2.24, 2.45) is 0 Å². The molecule has 2 aromatic rings. The van der Waals surface area contributed by atoms with Crippen molar-refractivity contribution in [1.82, 2.24) is 9.97 Å². The SMILES string of the molecule is CCCCNc1cc(-c2ccc(OC)cc2)nc(Cl)n1. The Morgan fingerprint density at radius 1 is 1.20 bits per heavy atom. The molecule has 0 saturated carbocycles. The highest BCUT2D eigenvalue weighted by atomic mass is 35.5. The number of nitrogens with one attached hydrogen (secondary N) is 1. The first-order chi connectivity index (χ1) is 9.72. The van der Waals surface area contributed by atoms with E-state index in [9.17, 15) is 0 Å². The van der Waals surface area contributed by atoms with Crippen molar-refractivity contribution in [3.63, 3.8) is 0 Å². The van der Waals surface area contributed by atoms with Gasteiger partial charge < -0.3 is 10.1 Å². The average molecular weight is 292 g/mol. The molecule has 0 spiro atoms. The number of hydrogen-bond acceptors (Lipinski definition) is 4. The van der Waals surface area contributed by atoms with Crippen molar-refractivity contribution in [1.29, 1.82) is 0 Å². The molecule has 1 heterocycles. The molecule has 1 N–H and O–H groups in total. The fourth-order valence-corrected chi connectivity index (χ4v) is 1.99. The Hall–Kier alpha value is -1.81. The second-order valence-corrected chi connectivity index (χ2v) is 4.75. The van der Waals surface area contributed by atoms with E-state index in [1.165, 1.54) is 0 Å². The summed E-state index contributed by atoms with van der Waals surface area (Å²) in [6, 6.07) is 9.61. The van der Waals surface area contributed by atoms with Crippen LogP contribution in [0.3, 0.4) is 0 Å². The van der Waals surface area contributed by atoms with Crippen LogP contribution in [0.5, 0.6) is 5.75 Å². The van der Waals surface area contributed by atoms with E-state index < -0.39 is 0 Å². The zero-order valence-corrected chi connectivity index (χ0v) is 12.4. The van der Waals surface area contributed by atoms with Gasteiger partial charge in [-0.3, -0.25) is 0 Å². The number of methoxy groups -OCH3 is 1. The smallest absolute Gasteiger partial charge is 0.224 e. The molecule has 0 fully saturated rings. The van der Waals surface area contributed by atoms with E-state index in [0.717, 1.165) is 42.2 Å². The van der Waals surface area contributed by atoms with Crippen LogP contribution in [0.15, 0.2) is 30.3 Å². The Kier molecular flexibility index (Phi) is 5.18. The third kappa shape index (κ3) is 3.84. The standard InChI is InChI=1S/C15H18ClN3O/c1-3-4-9-17-14-10-13(18-15(16)19-14)11-5-7-12(20-2)8-6-11/h5-8,10H,3-4,9H2,1-2H3,(H,17,18,19). The highest BCUT2D eigenvalue weighted by Gasteiger charge is 2.05. The zero-order valence-electron chi connectivity index (χ0n) is 11.7. The predicted molar refractivity (Wildman–Crippen MR) is 82.4 cm³/mol. The van der Waals surface area contributed by atoms with Crippen molar-refractivity contribution in [2.75, 3.05) is 19.0 Å². The van der Waals surface area contributed by atoms with Gasteiger partial charge in [-0.05, 0) is 42.3 Å². The maximum absolute atomic E-state index is 5.98. The summed E-state index contributed by atoms with van der Waals surface area (Å²) in [5, 5.41) is 3.51. The number of unbranched alkanes of at least 4 members (excludes halogenated alkanes) is 1. The summed E-state index contributed by atoms with van der Waals surface area (Å²) in [6.07, 6.45) is 2.23. The predicted octanol–water partition coefficient (Wildman–Crippen LogP) is 4.02. The van der Waals surface area contributed by atoms with Crippen LogP contribution in [0.1, 0.15) is 19.8 Å². The first-order valence-corrected chi connectivity index (χ1v) is 7.03. The molecule has 0 saturated heterocycles. The van der Waals surface area contributed by atoms with Crippen LogP contribution in [-0.2, 0) is 0 Å². The minimum absolute atomic E-state index is 0.248. The molecular weight excluding hydrogens is 274 g/mol. The van der Waals surface area contributed by atoms with Gasteiger partial charge in [-0.25, -0.2) is 9.97 Å². The van der Waals surface area contributed by atoms with E-state index in [0.29, 0.717) is 0 Å². The van der Waals surface area contributed by atoms with Gasteiger partial charge in [0.05, 0.1) is 12.8 Å². The molecule has 1 aromatic carbocycles. The van der Waals surface area contributed by atoms with E-state index in [2.05, 4.69) is 22.2 Å². The van der Waals surface area contributed by atoms with E-state index in [-0.39, 0.29) is 5.28 Å². The molecule has 0 aliphatic rings. The maximum Gasteiger partial charge on any atom is 0.224 e. The van der Waals surface area contributed by atoms with Crippen LogP contribution in [0.2, 0.25) is 5.28 Å². The Balaban J connectivity index is 2.21. The third-order valence-corrected chi connectivity index (χ3v) is 3.09. The van der Waals surface area contributed by atoms with Crippen molar-refractivity contribution in [3.05, 3.63) is 35.6 Å². The lowest BCUT2D eigenvalue weighted by Gasteiger charge is -2.08. The van der Waals surface area contributed by atoms with Crippen LogP contribution < -0.4 is 10.1 Å². The van der Waals surface area contributed by atoms with Gasteiger partial charge >= 0.3 is 0 Å². The molecule has 0 unspecified atom stereocenters. The summed E-state index contributed by atoms with van der Waals surface area (Å²) in [7, 11) is 1.65. The minimum Gasteiger partial charge on any atom is -0.497 e. The Labute approximate surface area is 124 Å². The van der Waals surface area contributed by atoms with Crippen LogP contribution in [0.25, 0.3) is 11.3 Å². The minimum atomic E-state index is 0.248. The fourth-order valence-electron chi connectivity index (χ4n) is 1.81. The van der Waals surface area contributed by atoms with Crippen molar-refractivity contribution < 1.29 is 4.74 Å². The molecule has 0 aliphatic heterocycles. The summed E-state index contributed by atoms with van der Waals surface area (Å²) < 4.78 is 5.15. The first kappa shape index (κ1) is 14.6. The lowest BCUT2D eigenvalue weighted by atomic mass is 10.1. The van der Waals surface area contributed by atoms with Gasteiger partial charge in [0, 0.05) is 18.2 Å². The lowest BCUT2D eigenvalue weighted by Crippen LogP contribution is -2.04. The van der Waals surface area contributed by atoms with Gasteiger partial charge in [-0.1, -0.05) is 13.3 Å². The molecule has 2 rings (SSSR count). The molecule has 0 aliphatic carbocycles. The average Bonchev–Trinajstić information content (AvgIpc) is 2.47. The van der Waals surface area contributed by atoms with Gasteiger partial charge in [0.1, 0.15) is 11.6 Å². The van der Waals surface area contributed by atoms with Gasteiger partial charge in [0.15, 0.2) is 0 Å². The van der Waals surface area contributed by atoms with Crippen LogP contribution in [0.4, 0.5) is 5.82 Å². The number of aromatic nitrogens is 2. The van der Waals surface area contributed by atoms with E-state index in [4.69, 9.17) is 16.3 Å². The second-order valence-electron chi connectivity index (χ2n) is 4.42. The van der Waals surface area contributed by atoms with E-state index in [1.54, 1.807) is 7.11 Å². The second kappa shape index (κ2) is 7.10. The monoisotopic (exact) mass is 291 g/mol. The molecule has 0 bridgehead atoms. The fraction of sp³-hybridized carbons (Fsp3) is 0.333. The molecule has 5 heteroatoms. The highest BCUT2D eigenvalue weighted by molar-refractivity contribution is 6.28. The summed E-state index contributed by atoms with van der Waals surface area (Å²) in [5.74, 6) is 1.57. The normalized spacial score (nSPS) is 10.3. The van der Waals surface area contributed by atoms with Crippen molar-refractivity contribution >= 4 is 17.4 Å². The molecule has 0 amide bonds. The summed E-state index contributed by atoms with van der Waals surface area (Å²) in [4.78, 5) is 8.44. The molecule has 20 heavy (non-hydrogen) atoms. The number of ether oxygens (including phenoxy) is 1. The topological polar surface area (TPSA) is 47.0 Å². The number of halogens is 1. The number of hydrogen-bond donors (Lipinski definition) is 1. The van der Waals surface area contributed by atoms with Gasteiger partial charge in [0.2, 0.25) is 5.28 Å². The molecular formula is C15H18ClN3O. The van der Waals surface area contributed by atoms with Crippen molar-refractivity contribution in [3.8, 4) is 17.0 Å². The van der Waals surface area contributed by atoms with Crippen LogP contribution >= 0.6 is 11.6 Å². The molecule has 1 aromatic heterocycles. The Bertz CT molecular complexity index is 558. The largest absolute Gasteiger partial charge is 0.497 e. The maximum atomic E-state index is 5.98. The third-order valence-electron chi connectivity index (χ3n) is 2.92. The number of anilines is 1. The van der Waals surface area contributed by atoms with Crippen LogP contribution in [-0.4, -0.2) is 23.6 Å². The number of nitrogens with zero attached hydrogens (tertiary/aromatic N) is 2. The Morgan fingerprint density at radius 2 is 1.95 bits per heavy atom. The van der Waals surface area contributed by atoms with Gasteiger partial charge in [-0.15, -0.1) is 0 Å². The number of rotatable bonds is 6. The summed E-state index contributed by atoms with van der Waals surface area (Å²) >= 11 is 5.98. The van der Waals surface area contributed by atoms with E-state index in [1.807, 2.05) is 30.3 Å². The van der Waals surface area contributed by atoms with Crippen molar-refractivity contribution in [2.45, 2.75) is 19.8 Å². The Morgan fingerprint density at radius 3 is 2.60 bits per heavy atom. The molecule has 0 atom stereocenters. The molecule has 0 radical (unpaired) electrons. The highest BCUT2D eigenvalue weighted by Crippen LogP contribution is 2.23. The first-order valence-electron chi connectivity index (χ1n) is 6.66. The lowest BCUT2D eigenvalue weighted by molar-refractivity contribution is 0.415. The molecule has 106 valence electrons. The van der Waals surface area contributed by atoms with E-state index >= 15 is 0 Å². The van der Waals surface area contributed by atoms with Gasteiger partial charge in [-0.2, -0.15) is 0 Å². The zero-order chi connectivity index (χ0) is 14.4. The summed E-state index contributed by atoms with van der Waals surface area (Å²) in [5.41, 5.74) is 1.78. The van der Waals surface area contributed by atoms with Crippen LogP contribution in [0, 0.1) is 0 Å². The van der Waals surface area contributed by atoms with Gasteiger partial charge in [0.25, 0.3) is 0 Å². The summed E-state index contributed by atoms with van der Waals surface area (Å²) in [6.45, 7) is 3.03. The quantitative estimate of drug-likeness (QED) is 0.645. The molecule has 4 nitrogen and oxygen atoms in total.